The van der Waals surface area contributed by atoms with Crippen molar-refractivity contribution in [3.05, 3.63) is 35.4 Å². The fraction of sp³-hybridized carbons (Fsp3) is 0.571. The lowest BCUT2D eigenvalue weighted by molar-refractivity contribution is 0.266. The molecule has 1 atom stereocenters. The predicted octanol–water partition coefficient (Wildman–Crippen LogP) is 4.59. The second-order valence-electron chi connectivity index (χ2n) is 5.35. The molecule has 0 heterocycles. The number of benzene rings is 1. The van der Waals surface area contributed by atoms with Gasteiger partial charge in [-0.3, -0.25) is 0 Å². The molecule has 0 radical (unpaired) electrons. The van der Waals surface area contributed by atoms with Crippen LogP contribution < -0.4 is 0 Å². The first-order valence-electron chi connectivity index (χ1n) is 5.55. The van der Waals surface area contributed by atoms with Crippen molar-refractivity contribution in [2.75, 3.05) is 5.33 Å². The highest BCUT2D eigenvalue weighted by Crippen LogP contribution is 2.31. The van der Waals surface area contributed by atoms with E-state index < -0.39 is 0 Å². The van der Waals surface area contributed by atoms with Gasteiger partial charge in [0.25, 0.3) is 0 Å². The lowest BCUT2D eigenvalue weighted by Crippen LogP contribution is -2.24. The molecule has 0 aromatic heterocycles. The number of aryl methyl sites for hydroxylation is 1. The highest BCUT2D eigenvalue weighted by molar-refractivity contribution is 9.09. The third-order valence-electron chi connectivity index (χ3n) is 3.14. The normalized spacial score (nSPS) is 13.9. The molecule has 0 aliphatic carbocycles. The highest BCUT2D eigenvalue weighted by atomic mass is 79.9. The summed E-state index contributed by atoms with van der Waals surface area (Å²) in [6, 6.07) is 8.69. The van der Waals surface area contributed by atoms with Crippen molar-refractivity contribution in [1.29, 1.82) is 0 Å². The molecule has 84 valence electrons. The van der Waals surface area contributed by atoms with Crippen LogP contribution in [0.25, 0.3) is 0 Å². The van der Waals surface area contributed by atoms with Crippen LogP contribution in [0.2, 0.25) is 0 Å². The summed E-state index contributed by atoms with van der Waals surface area (Å²) in [6.45, 7) is 9.15. The Bertz CT molecular complexity index is 309. The van der Waals surface area contributed by atoms with E-state index in [1.165, 1.54) is 17.5 Å². The van der Waals surface area contributed by atoms with Gasteiger partial charge in [-0.15, -0.1) is 0 Å². The van der Waals surface area contributed by atoms with Crippen LogP contribution in [-0.4, -0.2) is 5.33 Å². The van der Waals surface area contributed by atoms with Crippen LogP contribution in [0.5, 0.6) is 0 Å². The number of halogens is 1. The van der Waals surface area contributed by atoms with E-state index in [-0.39, 0.29) is 0 Å². The first-order valence-corrected chi connectivity index (χ1v) is 6.67. The van der Waals surface area contributed by atoms with E-state index in [9.17, 15) is 0 Å². The van der Waals surface area contributed by atoms with Gasteiger partial charge in [-0.25, -0.2) is 0 Å². The maximum Gasteiger partial charge on any atom is 0.00678 e. The third kappa shape index (κ3) is 3.64. The molecular formula is C14H21Br. The Hall–Kier alpha value is -0.300. The molecule has 0 aliphatic rings. The largest absolute Gasteiger partial charge is 0.0925 e. The molecule has 0 N–H and O–H groups in total. The van der Waals surface area contributed by atoms with Crippen LogP contribution in [0.15, 0.2) is 24.3 Å². The van der Waals surface area contributed by atoms with E-state index in [4.69, 9.17) is 0 Å². The molecule has 1 rings (SSSR count). The number of hydrogen-bond acceptors (Lipinski definition) is 0. The molecular weight excluding hydrogens is 248 g/mol. The summed E-state index contributed by atoms with van der Waals surface area (Å²) >= 11 is 3.63. The van der Waals surface area contributed by atoms with Gasteiger partial charge in [-0.1, -0.05) is 61.0 Å². The van der Waals surface area contributed by atoms with Crippen molar-refractivity contribution in [3.8, 4) is 0 Å². The number of rotatable bonds is 3. The Kier molecular flexibility index (Phi) is 4.39. The summed E-state index contributed by atoms with van der Waals surface area (Å²) in [4.78, 5) is 0. The molecule has 0 aliphatic heterocycles. The van der Waals surface area contributed by atoms with Crippen LogP contribution >= 0.6 is 15.9 Å². The molecule has 0 nitrogen and oxygen atoms in total. The van der Waals surface area contributed by atoms with Gasteiger partial charge in [0.15, 0.2) is 0 Å². The third-order valence-corrected chi connectivity index (χ3v) is 3.92. The fourth-order valence-electron chi connectivity index (χ4n) is 1.70. The molecule has 0 fully saturated rings. The summed E-state index contributed by atoms with van der Waals surface area (Å²) < 4.78 is 0. The molecule has 0 amide bonds. The van der Waals surface area contributed by atoms with Gasteiger partial charge < -0.3 is 0 Å². The van der Waals surface area contributed by atoms with Crippen molar-refractivity contribution < 1.29 is 0 Å². The van der Waals surface area contributed by atoms with Crippen LogP contribution in [0, 0.1) is 18.3 Å². The fourth-order valence-corrected chi connectivity index (χ4v) is 2.90. The first-order chi connectivity index (χ1) is 6.95. The van der Waals surface area contributed by atoms with E-state index in [2.05, 4.69) is 67.9 Å². The summed E-state index contributed by atoms with van der Waals surface area (Å²) in [7, 11) is 0. The van der Waals surface area contributed by atoms with Gasteiger partial charge in [0.05, 0.1) is 0 Å². The summed E-state index contributed by atoms with van der Waals surface area (Å²) in [5.41, 5.74) is 3.26. The Morgan fingerprint density at radius 3 is 2.27 bits per heavy atom. The zero-order chi connectivity index (χ0) is 11.5. The highest BCUT2D eigenvalue weighted by Gasteiger charge is 2.23. The summed E-state index contributed by atoms with van der Waals surface area (Å²) in [6.07, 6.45) is 1.17. The van der Waals surface area contributed by atoms with E-state index in [0.29, 0.717) is 11.3 Å². The second-order valence-corrected chi connectivity index (χ2v) is 6.00. The van der Waals surface area contributed by atoms with Crippen LogP contribution in [0.1, 0.15) is 31.9 Å². The van der Waals surface area contributed by atoms with Crippen LogP contribution in [-0.2, 0) is 6.42 Å². The molecule has 0 saturated carbocycles. The number of hydrogen-bond donors (Lipinski definition) is 0. The van der Waals surface area contributed by atoms with Gasteiger partial charge in [0, 0.05) is 5.33 Å². The first kappa shape index (κ1) is 12.8. The molecule has 15 heavy (non-hydrogen) atoms. The SMILES string of the molecule is Cc1ccccc1CC(CBr)C(C)(C)C. The minimum atomic E-state index is 0.367. The smallest absolute Gasteiger partial charge is 0.00678 e. The van der Waals surface area contributed by atoms with Crippen molar-refractivity contribution in [1.82, 2.24) is 0 Å². The maximum atomic E-state index is 3.63. The van der Waals surface area contributed by atoms with Gasteiger partial charge in [0.2, 0.25) is 0 Å². The van der Waals surface area contributed by atoms with Crippen molar-refractivity contribution in [2.45, 2.75) is 34.1 Å². The van der Waals surface area contributed by atoms with Crippen molar-refractivity contribution in [3.63, 3.8) is 0 Å². The minimum Gasteiger partial charge on any atom is -0.0925 e. The Morgan fingerprint density at radius 1 is 1.20 bits per heavy atom. The average molecular weight is 269 g/mol. The molecule has 1 aromatic rings. The predicted molar refractivity (Wildman–Crippen MR) is 71.6 cm³/mol. The monoisotopic (exact) mass is 268 g/mol. The lowest BCUT2D eigenvalue weighted by atomic mass is 9.78. The zero-order valence-corrected chi connectivity index (χ0v) is 11.8. The Morgan fingerprint density at radius 2 is 1.80 bits per heavy atom. The Balaban J connectivity index is 2.80. The van der Waals surface area contributed by atoms with E-state index >= 15 is 0 Å². The van der Waals surface area contributed by atoms with Crippen molar-refractivity contribution >= 4 is 15.9 Å². The lowest BCUT2D eigenvalue weighted by Gasteiger charge is -2.29. The van der Waals surface area contributed by atoms with E-state index in [1.54, 1.807) is 0 Å². The standard InChI is InChI=1S/C14H21Br/c1-11-7-5-6-8-12(11)9-13(10-15)14(2,3)4/h5-8,13H,9-10H2,1-4H3. The summed E-state index contributed by atoms with van der Waals surface area (Å²) in [5, 5.41) is 1.07. The molecule has 1 heteroatoms. The molecule has 1 unspecified atom stereocenters. The average Bonchev–Trinajstić information content (AvgIpc) is 2.14. The quantitative estimate of drug-likeness (QED) is 0.704. The van der Waals surface area contributed by atoms with Gasteiger partial charge in [-0.2, -0.15) is 0 Å². The summed E-state index contributed by atoms with van der Waals surface area (Å²) in [5.74, 6) is 0.693. The second kappa shape index (κ2) is 5.16. The van der Waals surface area contributed by atoms with E-state index in [1.807, 2.05) is 0 Å². The van der Waals surface area contributed by atoms with Gasteiger partial charge in [-0.05, 0) is 35.8 Å². The minimum absolute atomic E-state index is 0.367. The maximum absolute atomic E-state index is 3.63. The number of alkyl halides is 1. The van der Waals surface area contributed by atoms with Crippen LogP contribution in [0.4, 0.5) is 0 Å². The topological polar surface area (TPSA) is 0 Å². The van der Waals surface area contributed by atoms with E-state index in [0.717, 1.165) is 5.33 Å². The zero-order valence-electron chi connectivity index (χ0n) is 10.2. The molecule has 0 saturated heterocycles. The molecule has 0 spiro atoms. The Labute approximate surface area is 102 Å². The van der Waals surface area contributed by atoms with Crippen LogP contribution in [0.3, 0.4) is 0 Å². The molecule has 0 bridgehead atoms. The van der Waals surface area contributed by atoms with Crippen molar-refractivity contribution in [2.24, 2.45) is 11.3 Å². The van der Waals surface area contributed by atoms with Gasteiger partial charge >= 0.3 is 0 Å². The van der Waals surface area contributed by atoms with Gasteiger partial charge in [0.1, 0.15) is 0 Å². The molecule has 1 aromatic carbocycles.